The maximum absolute atomic E-state index is 11.7. The smallest absolute Gasteiger partial charge is 0.227 e. The summed E-state index contributed by atoms with van der Waals surface area (Å²) in [5.74, 6) is 0.279. The fourth-order valence-electron chi connectivity index (χ4n) is 1.60. The van der Waals surface area contributed by atoms with Gasteiger partial charge in [0.15, 0.2) is 0 Å². The normalized spacial score (nSPS) is 21.9. The van der Waals surface area contributed by atoms with Gasteiger partial charge in [-0.25, -0.2) is 0 Å². The molecule has 0 aromatic heterocycles. The largest absolute Gasteiger partial charge is 0.341 e. The fourth-order valence-corrected chi connectivity index (χ4v) is 1.60. The second-order valence-electron chi connectivity index (χ2n) is 5.58. The van der Waals surface area contributed by atoms with Gasteiger partial charge in [-0.15, -0.1) is 0 Å². The van der Waals surface area contributed by atoms with Gasteiger partial charge in [0.25, 0.3) is 0 Å². The van der Waals surface area contributed by atoms with Crippen molar-refractivity contribution in [1.29, 1.82) is 0 Å². The molecule has 1 rings (SSSR count). The predicted octanol–water partition coefficient (Wildman–Crippen LogP) is 1.90. The van der Waals surface area contributed by atoms with Crippen LogP contribution in [-0.4, -0.2) is 23.9 Å². The summed E-state index contributed by atoms with van der Waals surface area (Å²) < 4.78 is 0. The number of nitrogens with zero attached hydrogens (tertiary/aromatic N) is 1. The first-order valence-electron chi connectivity index (χ1n) is 4.52. The fraction of sp³-hybridized carbons (Fsp3) is 0.900. The zero-order valence-electron chi connectivity index (χ0n) is 8.77. The molecule has 0 aliphatic carbocycles. The van der Waals surface area contributed by atoms with E-state index in [2.05, 4.69) is 13.8 Å². The maximum Gasteiger partial charge on any atom is 0.227 e. The minimum atomic E-state index is -0.212. The highest BCUT2D eigenvalue weighted by atomic mass is 16.2. The van der Waals surface area contributed by atoms with Gasteiger partial charge in [0, 0.05) is 18.5 Å². The van der Waals surface area contributed by atoms with E-state index in [0.29, 0.717) is 5.41 Å². The second-order valence-corrected chi connectivity index (χ2v) is 5.58. The molecule has 0 bridgehead atoms. The zero-order valence-corrected chi connectivity index (χ0v) is 8.77. The van der Waals surface area contributed by atoms with Crippen LogP contribution >= 0.6 is 0 Å². The van der Waals surface area contributed by atoms with Crippen LogP contribution in [-0.2, 0) is 4.79 Å². The Morgan fingerprint density at radius 1 is 1.25 bits per heavy atom. The Balaban J connectivity index is 2.50. The third-order valence-corrected chi connectivity index (χ3v) is 2.17. The average molecular weight is 169 g/mol. The standard InChI is InChI=1S/C10H19NO/c1-9(2,3)8(12)11-6-10(4,5)7-11/h6-7H2,1-5H3. The lowest BCUT2D eigenvalue weighted by Crippen LogP contribution is -2.58. The van der Waals surface area contributed by atoms with E-state index in [-0.39, 0.29) is 11.3 Å². The van der Waals surface area contributed by atoms with Crippen molar-refractivity contribution < 1.29 is 4.79 Å². The molecule has 0 unspecified atom stereocenters. The van der Waals surface area contributed by atoms with Gasteiger partial charge in [-0.05, 0) is 5.41 Å². The molecule has 2 nitrogen and oxygen atoms in total. The Morgan fingerprint density at radius 3 is 1.92 bits per heavy atom. The van der Waals surface area contributed by atoms with Crippen LogP contribution in [0.4, 0.5) is 0 Å². The number of carbonyl (C=O) groups is 1. The molecule has 0 aromatic rings. The summed E-state index contributed by atoms with van der Waals surface area (Å²) in [6, 6.07) is 0. The van der Waals surface area contributed by atoms with Crippen LogP contribution in [0.2, 0.25) is 0 Å². The molecule has 0 radical (unpaired) electrons. The Labute approximate surface area is 74.9 Å². The Morgan fingerprint density at radius 2 is 1.67 bits per heavy atom. The van der Waals surface area contributed by atoms with Gasteiger partial charge in [-0.1, -0.05) is 34.6 Å². The van der Waals surface area contributed by atoms with Crippen molar-refractivity contribution in [2.45, 2.75) is 34.6 Å². The summed E-state index contributed by atoms with van der Waals surface area (Å²) in [5, 5.41) is 0. The number of rotatable bonds is 0. The van der Waals surface area contributed by atoms with E-state index in [0.717, 1.165) is 13.1 Å². The molecule has 1 saturated heterocycles. The predicted molar refractivity (Wildman–Crippen MR) is 49.8 cm³/mol. The average Bonchev–Trinajstić information content (AvgIpc) is 1.78. The van der Waals surface area contributed by atoms with Crippen molar-refractivity contribution in [3.63, 3.8) is 0 Å². The highest BCUT2D eigenvalue weighted by molar-refractivity contribution is 5.82. The minimum Gasteiger partial charge on any atom is -0.341 e. The van der Waals surface area contributed by atoms with Gasteiger partial charge in [0.1, 0.15) is 0 Å². The third kappa shape index (κ3) is 1.79. The van der Waals surface area contributed by atoms with Gasteiger partial charge in [0.2, 0.25) is 5.91 Å². The van der Waals surface area contributed by atoms with E-state index in [1.165, 1.54) is 0 Å². The number of hydrogen-bond acceptors (Lipinski definition) is 1. The molecule has 2 heteroatoms. The zero-order chi connectivity index (χ0) is 9.57. The molecule has 1 heterocycles. The highest BCUT2D eigenvalue weighted by Crippen LogP contribution is 2.32. The molecular formula is C10H19NO. The summed E-state index contributed by atoms with van der Waals surface area (Å²) in [5.41, 5.74) is 0.136. The lowest BCUT2D eigenvalue weighted by molar-refractivity contribution is -0.150. The van der Waals surface area contributed by atoms with Crippen LogP contribution in [0.3, 0.4) is 0 Å². The summed E-state index contributed by atoms with van der Waals surface area (Å²) in [6.07, 6.45) is 0. The van der Waals surface area contributed by atoms with Gasteiger partial charge < -0.3 is 4.90 Å². The van der Waals surface area contributed by atoms with Crippen LogP contribution in [0.15, 0.2) is 0 Å². The summed E-state index contributed by atoms with van der Waals surface area (Å²) >= 11 is 0. The molecule has 0 aromatic carbocycles. The molecule has 1 amide bonds. The monoisotopic (exact) mass is 169 g/mol. The lowest BCUT2D eigenvalue weighted by Gasteiger charge is -2.48. The quantitative estimate of drug-likeness (QED) is 0.542. The molecule has 12 heavy (non-hydrogen) atoms. The van der Waals surface area contributed by atoms with E-state index < -0.39 is 0 Å². The van der Waals surface area contributed by atoms with Crippen LogP contribution in [0.25, 0.3) is 0 Å². The molecule has 0 N–H and O–H groups in total. The van der Waals surface area contributed by atoms with Crippen molar-refractivity contribution in [3.8, 4) is 0 Å². The van der Waals surface area contributed by atoms with Crippen LogP contribution in [0.1, 0.15) is 34.6 Å². The SMILES string of the molecule is CC1(C)CN(C(=O)C(C)(C)C)C1. The third-order valence-electron chi connectivity index (χ3n) is 2.17. The summed E-state index contributed by atoms with van der Waals surface area (Å²) in [6.45, 7) is 12.1. The van der Waals surface area contributed by atoms with Gasteiger partial charge >= 0.3 is 0 Å². The van der Waals surface area contributed by atoms with Crippen molar-refractivity contribution in [1.82, 2.24) is 4.90 Å². The van der Waals surface area contributed by atoms with Crippen molar-refractivity contribution >= 4 is 5.91 Å². The van der Waals surface area contributed by atoms with E-state index >= 15 is 0 Å². The van der Waals surface area contributed by atoms with Gasteiger partial charge in [0.05, 0.1) is 0 Å². The number of likely N-dealkylation sites (tertiary alicyclic amines) is 1. The van der Waals surface area contributed by atoms with Gasteiger partial charge in [-0.2, -0.15) is 0 Å². The molecule has 0 spiro atoms. The van der Waals surface area contributed by atoms with Crippen LogP contribution in [0.5, 0.6) is 0 Å². The number of amides is 1. The lowest BCUT2D eigenvalue weighted by atomic mass is 9.82. The Kier molecular flexibility index (Phi) is 1.97. The van der Waals surface area contributed by atoms with E-state index in [1.54, 1.807) is 0 Å². The first-order valence-corrected chi connectivity index (χ1v) is 4.52. The molecule has 1 fully saturated rings. The van der Waals surface area contributed by atoms with Crippen molar-refractivity contribution in [2.24, 2.45) is 10.8 Å². The summed E-state index contributed by atoms with van der Waals surface area (Å²) in [4.78, 5) is 13.6. The number of hydrogen-bond donors (Lipinski definition) is 0. The molecular weight excluding hydrogens is 150 g/mol. The number of carbonyl (C=O) groups excluding carboxylic acids is 1. The van der Waals surface area contributed by atoms with E-state index in [4.69, 9.17) is 0 Å². The molecule has 0 atom stereocenters. The van der Waals surface area contributed by atoms with Crippen LogP contribution < -0.4 is 0 Å². The molecule has 70 valence electrons. The first kappa shape index (κ1) is 9.56. The second kappa shape index (κ2) is 2.48. The maximum atomic E-state index is 11.7. The molecule has 1 aliphatic rings. The van der Waals surface area contributed by atoms with Crippen molar-refractivity contribution in [2.75, 3.05) is 13.1 Å². The topological polar surface area (TPSA) is 20.3 Å². The van der Waals surface area contributed by atoms with E-state index in [1.807, 2.05) is 25.7 Å². The summed E-state index contributed by atoms with van der Waals surface area (Å²) in [7, 11) is 0. The van der Waals surface area contributed by atoms with Gasteiger partial charge in [-0.3, -0.25) is 4.79 Å². The molecule has 0 saturated carbocycles. The molecule has 1 aliphatic heterocycles. The van der Waals surface area contributed by atoms with Crippen LogP contribution in [0, 0.1) is 10.8 Å². The Bertz CT molecular complexity index is 192. The van der Waals surface area contributed by atoms with E-state index in [9.17, 15) is 4.79 Å². The minimum absolute atomic E-state index is 0.212. The Hall–Kier alpha value is -0.530. The van der Waals surface area contributed by atoms with Crippen molar-refractivity contribution in [3.05, 3.63) is 0 Å². The highest BCUT2D eigenvalue weighted by Gasteiger charge is 2.40. The first-order chi connectivity index (χ1) is 5.22.